The summed E-state index contributed by atoms with van der Waals surface area (Å²) >= 11 is 0. The minimum Gasteiger partial charge on any atom is -0.348 e. The second-order valence-corrected chi connectivity index (χ2v) is 6.89. The first kappa shape index (κ1) is 18.1. The van der Waals surface area contributed by atoms with Crippen LogP contribution in [-0.4, -0.2) is 58.0 Å². The number of piperazine rings is 1. The van der Waals surface area contributed by atoms with Crippen LogP contribution < -0.4 is 10.2 Å². The van der Waals surface area contributed by atoms with Crippen molar-refractivity contribution in [2.24, 2.45) is 0 Å². The zero-order valence-electron chi connectivity index (χ0n) is 15.8. The summed E-state index contributed by atoms with van der Waals surface area (Å²) in [4.78, 5) is 28.5. The van der Waals surface area contributed by atoms with E-state index >= 15 is 0 Å². The zero-order valence-corrected chi connectivity index (χ0v) is 15.8. The molecule has 3 heterocycles. The molecule has 4 rings (SSSR count). The molecule has 1 aliphatic rings. The van der Waals surface area contributed by atoms with Gasteiger partial charge in [-0.2, -0.15) is 0 Å². The van der Waals surface area contributed by atoms with Crippen LogP contribution in [-0.2, 0) is 0 Å². The molecule has 0 atom stereocenters. The van der Waals surface area contributed by atoms with Crippen LogP contribution in [0.5, 0.6) is 0 Å². The minimum atomic E-state index is -0.413. The zero-order chi connectivity index (χ0) is 19.7. The Morgan fingerprint density at radius 1 is 1.11 bits per heavy atom. The molecule has 1 fully saturated rings. The topological polar surface area (TPSA) is 100 Å². The van der Waals surface area contributed by atoms with Crippen molar-refractivity contribution in [2.75, 3.05) is 43.4 Å². The molecule has 1 N–H and O–H groups in total. The van der Waals surface area contributed by atoms with E-state index < -0.39 is 4.92 Å². The standard InChI is InChI=1S/C19H21N7O2/c1-13-6-7-14-15(22-13)4-3-5-16(14)23-18-17(26(27)28)19(21-12-20-18)25-10-8-24(2)9-11-25/h3-7,12H,8-11H2,1-2H3,(H,20,21,23). The van der Waals surface area contributed by atoms with Crippen molar-refractivity contribution < 1.29 is 4.92 Å². The van der Waals surface area contributed by atoms with E-state index in [0.29, 0.717) is 18.9 Å². The smallest absolute Gasteiger partial charge is 0.348 e. The fourth-order valence-electron chi connectivity index (χ4n) is 3.37. The van der Waals surface area contributed by atoms with Crippen LogP contribution >= 0.6 is 0 Å². The fourth-order valence-corrected chi connectivity index (χ4v) is 3.37. The Kier molecular flexibility index (Phi) is 4.74. The number of fused-ring (bicyclic) bond motifs is 1. The predicted octanol–water partition coefficient (Wildman–Crippen LogP) is 2.74. The van der Waals surface area contributed by atoms with Crippen molar-refractivity contribution in [1.82, 2.24) is 19.9 Å². The number of hydrogen-bond acceptors (Lipinski definition) is 8. The lowest BCUT2D eigenvalue weighted by atomic mass is 10.1. The SMILES string of the molecule is Cc1ccc2c(Nc3ncnc(N4CCN(C)CC4)c3[N+](=O)[O-])cccc2n1. The monoisotopic (exact) mass is 379 g/mol. The number of rotatable bonds is 4. The summed E-state index contributed by atoms with van der Waals surface area (Å²) in [6, 6.07) is 9.51. The average Bonchev–Trinajstić information content (AvgIpc) is 2.68. The van der Waals surface area contributed by atoms with Crippen LogP contribution in [0.15, 0.2) is 36.7 Å². The number of nitro groups is 1. The Morgan fingerprint density at radius 2 is 1.89 bits per heavy atom. The molecule has 0 aliphatic carbocycles. The number of nitrogens with one attached hydrogen (secondary N) is 1. The van der Waals surface area contributed by atoms with Gasteiger partial charge in [-0.15, -0.1) is 0 Å². The molecule has 0 saturated carbocycles. The van der Waals surface area contributed by atoms with E-state index in [1.807, 2.05) is 49.2 Å². The Balaban J connectivity index is 1.74. The highest BCUT2D eigenvalue weighted by Gasteiger charge is 2.29. The Hall–Kier alpha value is -3.33. The molecule has 3 aromatic rings. The van der Waals surface area contributed by atoms with Gasteiger partial charge in [0.05, 0.1) is 10.4 Å². The molecule has 1 aromatic carbocycles. The van der Waals surface area contributed by atoms with E-state index in [4.69, 9.17) is 0 Å². The van der Waals surface area contributed by atoms with E-state index in [1.54, 1.807) is 0 Å². The average molecular weight is 379 g/mol. The van der Waals surface area contributed by atoms with Crippen LogP contribution in [0.1, 0.15) is 5.69 Å². The van der Waals surface area contributed by atoms with E-state index in [-0.39, 0.29) is 11.5 Å². The number of aromatic nitrogens is 3. The molecule has 0 amide bonds. The first-order valence-corrected chi connectivity index (χ1v) is 9.09. The molecule has 28 heavy (non-hydrogen) atoms. The molecule has 0 bridgehead atoms. The van der Waals surface area contributed by atoms with Crippen molar-refractivity contribution in [3.63, 3.8) is 0 Å². The predicted molar refractivity (Wildman–Crippen MR) is 108 cm³/mol. The number of aryl methyl sites for hydroxylation is 1. The number of nitrogens with zero attached hydrogens (tertiary/aromatic N) is 6. The molecule has 1 saturated heterocycles. The Morgan fingerprint density at radius 3 is 2.64 bits per heavy atom. The Labute approximate surface area is 162 Å². The van der Waals surface area contributed by atoms with Crippen LogP contribution in [0, 0.1) is 17.0 Å². The van der Waals surface area contributed by atoms with E-state index in [2.05, 4.69) is 25.2 Å². The summed E-state index contributed by atoms with van der Waals surface area (Å²) in [6.07, 6.45) is 1.37. The second kappa shape index (κ2) is 7.35. The van der Waals surface area contributed by atoms with E-state index in [0.717, 1.165) is 35.4 Å². The molecule has 9 nitrogen and oxygen atoms in total. The molecule has 2 aromatic heterocycles. The second-order valence-electron chi connectivity index (χ2n) is 6.89. The van der Waals surface area contributed by atoms with Crippen LogP contribution in [0.2, 0.25) is 0 Å². The number of hydrogen-bond donors (Lipinski definition) is 1. The highest BCUT2D eigenvalue weighted by Crippen LogP contribution is 2.35. The van der Waals surface area contributed by atoms with Gasteiger partial charge < -0.3 is 15.1 Å². The van der Waals surface area contributed by atoms with Gasteiger partial charge in [0, 0.05) is 42.9 Å². The maximum Gasteiger partial charge on any atom is 0.353 e. The van der Waals surface area contributed by atoms with Gasteiger partial charge in [-0.25, -0.2) is 9.97 Å². The summed E-state index contributed by atoms with van der Waals surface area (Å²) in [5.74, 6) is 0.534. The number of anilines is 3. The molecule has 0 spiro atoms. The summed E-state index contributed by atoms with van der Waals surface area (Å²) in [7, 11) is 2.04. The maximum absolute atomic E-state index is 11.9. The summed E-state index contributed by atoms with van der Waals surface area (Å²) < 4.78 is 0. The van der Waals surface area contributed by atoms with Gasteiger partial charge in [0.2, 0.25) is 11.6 Å². The van der Waals surface area contributed by atoms with Gasteiger partial charge in [0.1, 0.15) is 6.33 Å². The van der Waals surface area contributed by atoms with Gasteiger partial charge in [-0.05, 0) is 38.2 Å². The van der Waals surface area contributed by atoms with Crippen molar-refractivity contribution in [1.29, 1.82) is 0 Å². The molecule has 0 unspecified atom stereocenters. The number of benzene rings is 1. The van der Waals surface area contributed by atoms with Crippen LogP contribution in [0.3, 0.4) is 0 Å². The third kappa shape index (κ3) is 3.44. The maximum atomic E-state index is 11.9. The van der Waals surface area contributed by atoms with Crippen molar-refractivity contribution in [2.45, 2.75) is 6.92 Å². The lowest BCUT2D eigenvalue weighted by Gasteiger charge is -2.32. The van der Waals surface area contributed by atoms with Crippen molar-refractivity contribution >= 4 is 33.9 Å². The normalized spacial score (nSPS) is 15.0. The Bertz CT molecular complexity index is 1030. The third-order valence-electron chi connectivity index (χ3n) is 4.91. The fraction of sp³-hybridized carbons (Fsp3) is 0.316. The van der Waals surface area contributed by atoms with Gasteiger partial charge in [-0.3, -0.25) is 15.1 Å². The summed E-state index contributed by atoms with van der Waals surface area (Å²) in [6.45, 7) is 4.96. The van der Waals surface area contributed by atoms with E-state index in [9.17, 15) is 10.1 Å². The summed E-state index contributed by atoms with van der Waals surface area (Å²) in [5, 5.41) is 15.9. The highest BCUT2D eigenvalue weighted by molar-refractivity contribution is 5.94. The molecule has 9 heteroatoms. The van der Waals surface area contributed by atoms with Crippen molar-refractivity contribution in [3.8, 4) is 0 Å². The largest absolute Gasteiger partial charge is 0.353 e. The molecule has 0 radical (unpaired) electrons. The molecule has 144 valence electrons. The molecular weight excluding hydrogens is 358 g/mol. The molecular formula is C19H21N7O2. The van der Waals surface area contributed by atoms with Gasteiger partial charge in [-0.1, -0.05) is 6.07 Å². The highest BCUT2D eigenvalue weighted by atomic mass is 16.6. The van der Waals surface area contributed by atoms with Gasteiger partial charge >= 0.3 is 5.69 Å². The van der Waals surface area contributed by atoms with Gasteiger partial charge in [0.15, 0.2) is 0 Å². The quantitative estimate of drug-likeness (QED) is 0.545. The first-order valence-electron chi connectivity index (χ1n) is 9.09. The number of pyridine rings is 1. The van der Waals surface area contributed by atoms with Crippen LogP contribution in [0.25, 0.3) is 10.9 Å². The van der Waals surface area contributed by atoms with Gasteiger partial charge in [0.25, 0.3) is 0 Å². The lowest BCUT2D eigenvalue weighted by molar-refractivity contribution is -0.383. The molecule has 1 aliphatic heterocycles. The summed E-state index contributed by atoms with van der Waals surface area (Å²) in [5.41, 5.74) is 2.34. The van der Waals surface area contributed by atoms with Crippen LogP contribution in [0.4, 0.5) is 23.0 Å². The third-order valence-corrected chi connectivity index (χ3v) is 4.91. The number of likely N-dealkylation sites (N-methyl/N-ethyl adjacent to an activating group) is 1. The van der Waals surface area contributed by atoms with Crippen molar-refractivity contribution in [3.05, 3.63) is 52.5 Å². The first-order chi connectivity index (χ1) is 13.5. The lowest BCUT2D eigenvalue weighted by Crippen LogP contribution is -2.45. The minimum absolute atomic E-state index is 0.107. The van der Waals surface area contributed by atoms with E-state index in [1.165, 1.54) is 6.33 Å².